The van der Waals surface area contributed by atoms with E-state index in [0.29, 0.717) is 11.0 Å². The molecule has 0 aliphatic carbocycles. The number of carboxylic acids is 1. The number of Topliss-reactive ketones (excluding diaryl/α,β-unsaturated/α-hetero) is 1. The van der Waals surface area contributed by atoms with E-state index in [-0.39, 0.29) is 5.56 Å². The molecule has 2 heterocycles. The fourth-order valence-corrected chi connectivity index (χ4v) is 1.51. The molecule has 2 aromatic heterocycles. The highest BCUT2D eigenvalue weighted by Crippen LogP contribution is 2.18. The Morgan fingerprint density at radius 1 is 1.47 bits per heavy atom. The fourth-order valence-electron chi connectivity index (χ4n) is 1.51. The molecule has 0 fully saturated rings. The Labute approximate surface area is 85.0 Å². The third-order valence-electron chi connectivity index (χ3n) is 2.17. The van der Waals surface area contributed by atoms with E-state index in [2.05, 4.69) is 4.98 Å². The zero-order chi connectivity index (χ0) is 11.0. The molecular weight excluding hydrogens is 196 g/mol. The van der Waals surface area contributed by atoms with Crippen LogP contribution < -0.4 is 0 Å². The lowest BCUT2D eigenvalue weighted by Crippen LogP contribution is -2.12. The zero-order valence-corrected chi connectivity index (χ0v) is 7.97. The summed E-state index contributed by atoms with van der Waals surface area (Å²) in [6.45, 7) is 0. The standard InChI is InChI=1S/C10H8N2O3/c1-12-5-7(8(13)10(14)15)6-3-2-4-11-9(6)12/h2-5H,1H3,(H,14,15). The van der Waals surface area contributed by atoms with Crippen LogP contribution in [0.25, 0.3) is 11.0 Å². The van der Waals surface area contributed by atoms with Crippen molar-refractivity contribution in [2.24, 2.45) is 7.05 Å². The summed E-state index contributed by atoms with van der Waals surface area (Å²) in [5.74, 6) is -2.36. The molecular formula is C10H8N2O3. The van der Waals surface area contributed by atoms with Crippen LogP contribution in [-0.2, 0) is 11.8 Å². The molecule has 0 spiro atoms. The molecule has 0 aliphatic heterocycles. The number of hydrogen-bond acceptors (Lipinski definition) is 3. The van der Waals surface area contributed by atoms with E-state index in [1.54, 1.807) is 29.9 Å². The summed E-state index contributed by atoms with van der Waals surface area (Å²) < 4.78 is 1.63. The van der Waals surface area contributed by atoms with Crippen LogP contribution in [0.5, 0.6) is 0 Å². The number of aromatic nitrogens is 2. The monoisotopic (exact) mass is 204 g/mol. The van der Waals surface area contributed by atoms with Crippen LogP contribution in [0.1, 0.15) is 10.4 Å². The summed E-state index contributed by atoms with van der Waals surface area (Å²) in [6.07, 6.45) is 3.07. The van der Waals surface area contributed by atoms with Crippen LogP contribution in [0.2, 0.25) is 0 Å². The number of aryl methyl sites for hydroxylation is 1. The lowest BCUT2D eigenvalue weighted by atomic mass is 10.1. The second-order valence-electron chi connectivity index (χ2n) is 3.16. The number of carboxylic acid groups (broad SMARTS) is 1. The summed E-state index contributed by atoms with van der Waals surface area (Å²) in [4.78, 5) is 26.0. The molecule has 0 aliphatic rings. The van der Waals surface area contributed by atoms with Gasteiger partial charge in [-0.05, 0) is 12.1 Å². The molecule has 0 bridgehead atoms. The van der Waals surface area contributed by atoms with Gasteiger partial charge in [-0.2, -0.15) is 0 Å². The van der Waals surface area contributed by atoms with E-state index in [1.807, 2.05) is 0 Å². The summed E-state index contributed by atoms with van der Waals surface area (Å²) in [5.41, 5.74) is 0.773. The maximum absolute atomic E-state index is 11.3. The van der Waals surface area contributed by atoms with Crippen molar-refractivity contribution in [2.75, 3.05) is 0 Å². The van der Waals surface area contributed by atoms with Crippen molar-refractivity contribution in [1.82, 2.24) is 9.55 Å². The van der Waals surface area contributed by atoms with Gasteiger partial charge in [0, 0.05) is 24.8 Å². The Kier molecular flexibility index (Phi) is 2.00. The number of rotatable bonds is 2. The van der Waals surface area contributed by atoms with Crippen molar-refractivity contribution in [1.29, 1.82) is 0 Å². The molecule has 15 heavy (non-hydrogen) atoms. The average molecular weight is 204 g/mol. The molecule has 0 amide bonds. The van der Waals surface area contributed by atoms with Gasteiger partial charge < -0.3 is 9.67 Å². The number of hydrogen-bond donors (Lipinski definition) is 1. The van der Waals surface area contributed by atoms with Crippen LogP contribution in [0.3, 0.4) is 0 Å². The first-order valence-electron chi connectivity index (χ1n) is 4.29. The van der Waals surface area contributed by atoms with Gasteiger partial charge in [0.15, 0.2) is 0 Å². The molecule has 0 saturated heterocycles. The quantitative estimate of drug-likeness (QED) is 0.581. The predicted octanol–water partition coefficient (Wildman–Crippen LogP) is 0.841. The van der Waals surface area contributed by atoms with Gasteiger partial charge in [-0.25, -0.2) is 9.78 Å². The highest BCUT2D eigenvalue weighted by Gasteiger charge is 2.19. The summed E-state index contributed by atoms with van der Waals surface area (Å²) in [5, 5.41) is 9.19. The maximum atomic E-state index is 11.3. The van der Waals surface area contributed by atoms with Gasteiger partial charge in [0.1, 0.15) is 5.65 Å². The molecule has 0 radical (unpaired) electrons. The number of ketones is 1. The molecule has 0 saturated carbocycles. The minimum absolute atomic E-state index is 0.174. The van der Waals surface area contributed by atoms with Crippen molar-refractivity contribution in [2.45, 2.75) is 0 Å². The van der Waals surface area contributed by atoms with Gasteiger partial charge in [0.2, 0.25) is 0 Å². The predicted molar refractivity (Wildman–Crippen MR) is 52.7 cm³/mol. The van der Waals surface area contributed by atoms with Crippen molar-refractivity contribution in [3.05, 3.63) is 30.1 Å². The fraction of sp³-hybridized carbons (Fsp3) is 0.100. The SMILES string of the molecule is Cn1cc(C(=O)C(=O)O)c2cccnc21. The minimum atomic E-state index is -1.45. The normalized spacial score (nSPS) is 10.5. The van der Waals surface area contributed by atoms with E-state index in [0.717, 1.165) is 0 Å². The van der Waals surface area contributed by atoms with Crippen molar-refractivity contribution in [3.63, 3.8) is 0 Å². The Morgan fingerprint density at radius 3 is 2.87 bits per heavy atom. The first-order chi connectivity index (χ1) is 7.11. The van der Waals surface area contributed by atoms with Gasteiger partial charge in [-0.3, -0.25) is 4.79 Å². The molecule has 5 nitrogen and oxygen atoms in total. The Balaban J connectivity index is 2.72. The maximum Gasteiger partial charge on any atom is 0.377 e. The van der Waals surface area contributed by atoms with E-state index < -0.39 is 11.8 Å². The average Bonchev–Trinajstić information content (AvgIpc) is 2.56. The largest absolute Gasteiger partial charge is 0.475 e. The van der Waals surface area contributed by atoms with E-state index in [1.165, 1.54) is 6.20 Å². The molecule has 2 aromatic rings. The van der Waals surface area contributed by atoms with Gasteiger partial charge in [0.05, 0.1) is 5.56 Å². The number of pyridine rings is 1. The van der Waals surface area contributed by atoms with Crippen LogP contribution in [0, 0.1) is 0 Å². The van der Waals surface area contributed by atoms with Crippen LogP contribution in [-0.4, -0.2) is 26.4 Å². The number of fused-ring (bicyclic) bond motifs is 1. The van der Waals surface area contributed by atoms with Crippen LogP contribution in [0.15, 0.2) is 24.5 Å². The first kappa shape index (κ1) is 9.39. The van der Waals surface area contributed by atoms with E-state index in [4.69, 9.17) is 5.11 Å². The summed E-state index contributed by atoms with van der Waals surface area (Å²) in [6, 6.07) is 3.35. The van der Waals surface area contributed by atoms with Gasteiger partial charge in [0.25, 0.3) is 5.78 Å². The Hall–Kier alpha value is -2.17. The van der Waals surface area contributed by atoms with Crippen LogP contribution >= 0.6 is 0 Å². The van der Waals surface area contributed by atoms with E-state index >= 15 is 0 Å². The van der Waals surface area contributed by atoms with Gasteiger partial charge in [-0.1, -0.05) is 0 Å². The molecule has 2 rings (SSSR count). The molecule has 76 valence electrons. The molecule has 0 unspecified atom stereocenters. The molecule has 5 heteroatoms. The lowest BCUT2D eigenvalue weighted by Gasteiger charge is -1.92. The van der Waals surface area contributed by atoms with Crippen molar-refractivity contribution in [3.8, 4) is 0 Å². The minimum Gasteiger partial charge on any atom is -0.475 e. The van der Waals surface area contributed by atoms with Crippen molar-refractivity contribution >= 4 is 22.8 Å². The van der Waals surface area contributed by atoms with E-state index in [9.17, 15) is 9.59 Å². The Morgan fingerprint density at radius 2 is 2.20 bits per heavy atom. The van der Waals surface area contributed by atoms with Gasteiger partial charge >= 0.3 is 5.97 Å². The zero-order valence-electron chi connectivity index (χ0n) is 7.97. The Bertz CT molecular complexity index is 557. The molecule has 0 aromatic carbocycles. The number of aliphatic carboxylic acids is 1. The summed E-state index contributed by atoms with van der Waals surface area (Å²) >= 11 is 0. The summed E-state index contributed by atoms with van der Waals surface area (Å²) in [7, 11) is 1.72. The third kappa shape index (κ3) is 1.38. The highest BCUT2D eigenvalue weighted by atomic mass is 16.4. The van der Waals surface area contributed by atoms with Crippen molar-refractivity contribution < 1.29 is 14.7 Å². The molecule has 1 N–H and O–H groups in total. The number of carbonyl (C=O) groups is 2. The smallest absolute Gasteiger partial charge is 0.377 e. The first-order valence-corrected chi connectivity index (χ1v) is 4.29. The number of nitrogens with zero attached hydrogens (tertiary/aromatic N) is 2. The lowest BCUT2D eigenvalue weighted by molar-refractivity contribution is -0.131. The van der Waals surface area contributed by atoms with Crippen LogP contribution in [0.4, 0.5) is 0 Å². The number of carbonyl (C=O) groups excluding carboxylic acids is 1. The second kappa shape index (κ2) is 3.20. The van der Waals surface area contributed by atoms with Gasteiger partial charge in [-0.15, -0.1) is 0 Å². The topological polar surface area (TPSA) is 72.2 Å². The second-order valence-corrected chi connectivity index (χ2v) is 3.16. The third-order valence-corrected chi connectivity index (χ3v) is 2.17. The highest BCUT2D eigenvalue weighted by molar-refractivity contribution is 6.42. The molecule has 0 atom stereocenters.